The lowest BCUT2D eigenvalue weighted by Gasteiger charge is -2.11. The monoisotopic (exact) mass is 317 g/mol. The van der Waals surface area contributed by atoms with Crippen molar-refractivity contribution < 1.29 is 17.6 Å². The predicted molar refractivity (Wildman–Crippen MR) is 82.6 cm³/mol. The van der Waals surface area contributed by atoms with Crippen LogP contribution in [0.2, 0.25) is 0 Å². The van der Waals surface area contributed by atoms with Crippen LogP contribution in [-0.4, -0.2) is 19.7 Å². The molecule has 1 heterocycles. The quantitative estimate of drug-likeness (QED) is 0.738. The summed E-state index contributed by atoms with van der Waals surface area (Å²) in [4.78, 5) is 4.64. The Morgan fingerprint density at radius 3 is 2.41 bits per heavy atom. The van der Waals surface area contributed by atoms with Gasteiger partial charge in [-0.05, 0) is 43.3 Å². The average Bonchev–Trinajstić information content (AvgIpc) is 2.91. The van der Waals surface area contributed by atoms with Gasteiger partial charge in [0.15, 0.2) is 21.5 Å². The fraction of sp³-hybridized carbons (Fsp3) is 0.188. The van der Waals surface area contributed by atoms with Gasteiger partial charge in [-0.1, -0.05) is 12.1 Å². The van der Waals surface area contributed by atoms with Crippen LogP contribution < -0.4 is 4.74 Å². The molecular weight excluding hydrogens is 302 g/mol. The largest absolute Gasteiger partial charge is 0.481 e. The smallest absolute Gasteiger partial charge is 0.236 e. The van der Waals surface area contributed by atoms with E-state index in [0.717, 1.165) is 5.52 Å². The molecule has 0 radical (unpaired) electrons. The lowest BCUT2D eigenvalue weighted by atomic mass is 10.3. The molecule has 0 bridgehead atoms. The normalized spacial score (nSPS) is 13.2. The summed E-state index contributed by atoms with van der Waals surface area (Å²) in [6.45, 7) is 1.83. The highest BCUT2D eigenvalue weighted by Crippen LogP contribution is 2.25. The van der Waals surface area contributed by atoms with Gasteiger partial charge in [0.25, 0.3) is 0 Å². The van der Waals surface area contributed by atoms with Crippen molar-refractivity contribution in [1.82, 2.24) is 4.98 Å². The third-order valence-corrected chi connectivity index (χ3v) is 4.35. The molecule has 1 aromatic heterocycles. The van der Waals surface area contributed by atoms with Gasteiger partial charge in [-0.15, -0.1) is 0 Å². The van der Waals surface area contributed by atoms with Gasteiger partial charge in [-0.25, -0.2) is 13.4 Å². The third-order valence-electron chi connectivity index (χ3n) is 3.22. The number of para-hydroxylation sites is 2. The van der Waals surface area contributed by atoms with Crippen LogP contribution >= 0.6 is 0 Å². The number of rotatable bonds is 4. The molecule has 0 fully saturated rings. The van der Waals surface area contributed by atoms with Crippen LogP contribution in [0.5, 0.6) is 5.75 Å². The maximum atomic E-state index is 11.4. The summed E-state index contributed by atoms with van der Waals surface area (Å²) in [6.07, 6.45) is 0.792. The zero-order chi connectivity index (χ0) is 15.7. The van der Waals surface area contributed by atoms with E-state index in [9.17, 15) is 8.42 Å². The first-order valence-electron chi connectivity index (χ1n) is 6.76. The van der Waals surface area contributed by atoms with Gasteiger partial charge < -0.3 is 9.15 Å². The summed E-state index contributed by atoms with van der Waals surface area (Å²) in [7, 11) is -3.20. The molecule has 5 nitrogen and oxygen atoms in total. The molecule has 0 N–H and O–H groups in total. The number of nitrogens with zero attached hydrogens (tertiary/aromatic N) is 1. The van der Waals surface area contributed by atoms with E-state index in [0.29, 0.717) is 17.2 Å². The highest BCUT2D eigenvalue weighted by atomic mass is 32.2. The summed E-state index contributed by atoms with van der Waals surface area (Å²) in [5.41, 5.74) is 1.49. The lowest BCUT2D eigenvalue weighted by molar-refractivity contribution is 0.191. The number of ether oxygens (including phenoxy) is 1. The van der Waals surface area contributed by atoms with E-state index in [1.54, 1.807) is 12.1 Å². The molecule has 114 valence electrons. The molecule has 0 amide bonds. The summed E-state index contributed by atoms with van der Waals surface area (Å²) in [6, 6.07) is 13.8. The number of fused-ring (bicyclic) bond motifs is 1. The molecule has 0 aliphatic carbocycles. The van der Waals surface area contributed by atoms with Gasteiger partial charge in [0.05, 0.1) is 4.90 Å². The lowest BCUT2D eigenvalue weighted by Crippen LogP contribution is -2.04. The van der Waals surface area contributed by atoms with Crippen LogP contribution in [-0.2, 0) is 9.84 Å². The van der Waals surface area contributed by atoms with E-state index in [-0.39, 0.29) is 11.0 Å². The SMILES string of the molecule is C[C@H](Oc1ccc(S(C)(=O)=O)cc1)c1nc2ccccc2o1. The number of oxazole rings is 1. The molecule has 0 unspecified atom stereocenters. The summed E-state index contributed by atoms with van der Waals surface area (Å²) >= 11 is 0. The molecule has 0 saturated carbocycles. The van der Waals surface area contributed by atoms with Gasteiger partial charge in [0.2, 0.25) is 5.89 Å². The summed E-state index contributed by atoms with van der Waals surface area (Å²) in [5.74, 6) is 1.04. The fourth-order valence-electron chi connectivity index (χ4n) is 2.08. The molecule has 3 rings (SSSR count). The van der Waals surface area contributed by atoms with Crippen molar-refractivity contribution in [2.24, 2.45) is 0 Å². The number of hydrogen-bond acceptors (Lipinski definition) is 5. The first kappa shape index (κ1) is 14.6. The first-order valence-corrected chi connectivity index (χ1v) is 8.65. The van der Waals surface area contributed by atoms with Crippen molar-refractivity contribution in [3.05, 3.63) is 54.4 Å². The fourth-order valence-corrected chi connectivity index (χ4v) is 2.71. The van der Waals surface area contributed by atoms with E-state index in [1.165, 1.54) is 18.4 Å². The maximum absolute atomic E-state index is 11.4. The molecule has 0 aliphatic rings. The van der Waals surface area contributed by atoms with Crippen LogP contribution in [0, 0.1) is 0 Å². The van der Waals surface area contributed by atoms with Gasteiger partial charge in [0.1, 0.15) is 11.3 Å². The molecule has 1 atom stereocenters. The zero-order valence-electron chi connectivity index (χ0n) is 12.2. The number of sulfone groups is 1. The van der Waals surface area contributed by atoms with Crippen molar-refractivity contribution in [1.29, 1.82) is 0 Å². The standard InChI is InChI=1S/C16H15NO4S/c1-11(16-17-14-5-3-4-6-15(14)21-16)20-12-7-9-13(10-8-12)22(2,18)19/h3-11H,1-2H3/t11-/m0/s1. The Bertz CT molecular complexity index is 864. The van der Waals surface area contributed by atoms with Gasteiger partial charge in [-0.3, -0.25) is 0 Å². The zero-order valence-corrected chi connectivity index (χ0v) is 13.0. The van der Waals surface area contributed by atoms with Crippen LogP contribution in [0.3, 0.4) is 0 Å². The second-order valence-electron chi connectivity index (χ2n) is 5.02. The van der Waals surface area contributed by atoms with Crippen LogP contribution in [0.1, 0.15) is 18.9 Å². The number of benzene rings is 2. The Hall–Kier alpha value is -2.34. The van der Waals surface area contributed by atoms with Crippen LogP contribution in [0.15, 0.2) is 57.8 Å². The summed E-state index contributed by atoms with van der Waals surface area (Å²) < 4.78 is 34.2. The van der Waals surface area contributed by atoms with E-state index in [4.69, 9.17) is 9.15 Å². The van der Waals surface area contributed by atoms with Crippen LogP contribution in [0.4, 0.5) is 0 Å². The molecule has 0 saturated heterocycles. The minimum atomic E-state index is -3.20. The maximum Gasteiger partial charge on any atom is 0.236 e. The molecule has 22 heavy (non-hydrogen) atoms. The second-order valence-corrected chi connectivity index (χ2v) is 7.04. The molecular formula is C16H15NO4S. The summed E-state index contributed by atoms with van der Waals surface area (Å²) in [5, 5.41) is 0. The minimum Gasteiger partial charge on any atom is -0.481 e. The third kappa shape index (κ3) is 2.96. The van der Waals surface area contributed by atoms with Crippen molar-refractivity contribution in [2.45, 2.75) is 17.9 Å². The van der Waals surface area contributed by atoms with Crippen molar-refractivity contribution in [2.75, 3.05) is 6.26 Å². The molecule has 0 spiro atoms. The number of aromatic nitrogens is 1. The van der Waals surface area contributed by atoms with Crippen molar-refractivity contribution in [3.8, 4) is 5.75 Å². The van der Waals surface area contributed by atoms with Gasteiger partial charge >= 0.3 is 0 Å². The number of hydrogen-bond donors (Lipinski definition) is 0. The van der Waals surface area contributed by atoms with E-state index in [1.807, 2.05) is 31.2 Å². The molecule has 3 aromatic rings. The Balaban J connectivity index is 1.80. The minimum absolute atomic E-state index is 0.259. The Morgan fingerprint density at radius 1 is 1.09 bits per heavy atom. The first-order chi connectivity index (χ1) is 10.4. The molecule has 6 heteroatoms. The Morgan fingerprint density at radius 2 is 1.77 bits per heavy atom. The van der Waals surface area contributed by atoms with Crippen molar-refractivity contribution in [3.63, 3.8) is 0 Å². The van der Waals surface area contributed by atoms with E-state index < -0.39 is 9.84 Å². The Kier molecular flexibility index (Phi) is 3.62. The highest BCUT2D eigenvalue weighted by Gasteiger charge is 2.15. The van der Waals surface area contributed by atoms with E-state index in [2.05, 4.69) is 4.98 Å². The van der Waals surface area contributed by atoms with Crippen molar-refractivity contribution >= 4 is 20.9 Å². The van der Waals surface area contributed by atoms with E-state index >= 15 is 0 Å². The molecule has 0 aliphatic heterocycles. The average molecular weight is 317 g/mol. The van der Waals surface area contributed by atoms with Gasteiger partial charge in [0, 0.05) is 6.26 Å². The second kappa shape index (κ2) is 5.46. The topological polar surface area (TPSA) is 69.4 Å². The molecule has 2 aromatic carbocycles. The Labute approximate surface area is 128 Å². The predicted octanol–water partition coefficient (Wildman–Crippen LogP) is 3.37. The highest BCUT2D eigenvalue weighted by molar-refractivity contribution is 7.90. The van der Waals surface area contributed by atoms with Crippen LogP contribution in [0.25, 0.3) is 11.1 Å². The van der Waals surface area contributed by atoms with Gasteiger partial charge in [-0.2, -0.15) is 0 Å².